The van der Waals surface area contributed by atoms with E-state index in [9.17, 15) is 9.90 Å². The zero-order valence-electron chi connectivity index (χ0n) is 11.2. The Morgan fingerprint density at radius 3 is 2.75 bits per heavy atom. The van der Waals surface area contributed by atoms with Crippen molar-refractivity contribution < 1.29 is 14.6 Å². The maximum Gasteiger partial charge on any atom is 0.358 e. The molecule has 0 fully saturated rings. The molecule has 7 nitrogen and oxygen atoms in total. The zero-order chi connectivity index (χ0) is 14.4. The van der Waals surface area contributed by atoms with Gasteiger partial charge in [-0.25, -0.2) is 9.48 Å². The lowest BCUT2D eigenvalue weighted by molar-refractivity contribution is 0.0691. The van der Waals surface area contributed by atoms with Gasteiger partial charge in [-0.1, -0.05) is 5.21 Å². The topological polar surface area (TPSA) is 90.1 Å². The second-order valence-corrected chi connectivity index (χ2v) is 4.25. The molecule has 0 aromatic carbocycles. The molecule has 0 aliphatic carbocycles. The quantitative estimate of drug-likeness (QED) is 0.770. The SMILES string of the molecule is COCCCCn1nnc(C(=O)O)c1-c1ccncc1. The summed E-state index contributed by atoms with van der Waals surface area (Å²) in [7, 11) is 1.65. The lowest BCUT2D eigenvalue weighted by Gasteiger charge is -2.06. The molecule has 2 heterocycles. The van der Waals surface area contributed by atoms with Gasteiger partial charge in [0.2, 0.25) is 0 Å². The van der Waals surface area contributed by atoms with Crippen molar-refractivity contribution in [1.29, 1.82) is 0 Å². The number of aromatic carboxylic acids is 1. The highest BCUT2D eigenvalue weighted by Crippen LogP contribution is 2.22. The molecule has 0 aliphatic heterocycles. The van der Waals surface area contributed by atoms with Crippen LogP contribution in [0.2, 0.25) is 0 Å². The third-order valence-corrected chi connectivity index (χ3v) is 2.86. The van der Waals surface area contributed by atoms with Crippen molar-refractivity contribution in [2.24, 2.45) is 0 Å². The number of unbranched alkanes of at least 4 members (excludes halogenated alkanes) is 1. The lowest BCUT2D eigenvalue weighted by Crippen LogP contribution is -2.06. The smallest absolute Gasteiger partial charge is 0.358 e. The van der Waals surface area contributed by atoms with Crippen molar-refractivity contribution in [1.82, 2.24) is 20.0 Å². The van der Waals surface area contributed by atoms with E-state index in [1.807, 2.05) is 0 Å². The molecule has 0 atom stereocenters. The maximum atomic E-state index is 11.2. The Balaban J connectivity index is 2.26. The predicted octanol–water partition coefficient (Wildman–Crippen LogP) is 1.46. The fraction of sp³-hybridized carbons (Fsp3) is 0.385. The predicted molar refractivity (Wildman–Crippen MR) is 71.3 cm³/mol. The van der Waals surface area contributed by atoms with Crippen LogP contribution in [0.15, 0.2) is 24.5 Å². The highest BCUT2D eigenvalue weighted by Gasteiger charge is 2.20. The summed E-state index contributed by atoms with van der Waals surface area (Å²) in [4.78, 5) is 15.2. The number of rotatable bonds is 7. The number of carboxylic acids is 1. The number of hydrogen-bond acceptors (Lipinski definition) is 5. The van der Waals surface area contributed by atoms with E-state index in [-0.39, 0.29) is 5.69 Å². The average Bonchev–Trinajstić information content (AvgIpc) is 2.88. The third-order valence-electron chi connectivity index (χ3n) is 2.86. The van der Waals surface area contributed by atoms with Crippen LogP contribution in [0.5, 0.6) is 0 Å². The molecular weight excluding hydrogens is 260 g/mol. The van der Waals surface area contributed by atoms with Gasteiger partial charge in [0.25, 0.3) is 0 Å². The van der Waals surface area contributed by atoms with Crippen molar-refractivity contribution in [3.8, 4) is 11.3 Å². The summed E-state index contributed by atoms with van der Waals surface area (Å²) in [5, 5.41) is 16.9. The lowest BCUT2D eigenvalue weighted by atomic mass is 10.1. The Bertz CT molecular complexity index is 568. The molecule has 0 unspecified atom stereocenters. The minimum Gasteiger partial charge on any atom is -0.476 e. The number of aryl methyl sites for hydroxylation is 1. The second-order valence-electron chi connectivity index (χ2n) is 4.25. The first kappa shape index (κ1) is 14.1. The van der Waals surface area contributed by atoms with E-state index in [0.29, 0.717) is 18.8 Å². The molecule has 0 saturated carbocycles. The average molecular weight is 276 g/mol. The molecule has 0 saturated heterocycles. The molecule has 2 aromatic heterocycles. The molecule has 2 aromatic rings. The van der Waals surface area contributed by atoms with Gasteiger partial charge in [-0.3, -0.25) is 4.98 Å². The van der Waals surface area contributed by atoms with E-state index >= 15 is 0 Å². The van der Waals surface area contributed by atoms with Crippen LogP contribution in [0.1, 0.15) is 23.3 Å². The molecule has 20 heavy (non-hydrogen) atoms. The minimum absolute atomic E-state index is 0.0389. The van der Waals surface area contributed by atoms with E-state index in [4.69, 9.17) is 4.74 Å². The molecule has 0 bridgehead atoms. The second kappa shape index (κ2) is 6.76. The standard InChI is InChI=1S/C13H16N4O3/c1-20-9-3-2-8-17-12(10-4-6-14-7-5-10)11(13(18)19)15-16-17/h4-7H,2-3,8-9H2,1H3,(H,18,19). The van der Waals surface area contributed by atoms with E-state index in [0.717, 1.165) is 18.4 Å². The Morgan fingerprint density at radius 2 is 2.10 bits per heavy atom. The van der Waals surface area contributed by atoms with Crippen LogP contribution < -0.4 is 0 Å². The van der Waals surface area contributed by atoms with E-state index in [2.05, 4.69) is 15.3 Å². The number of carbonyl (C=O) groups is 1. The highest BCUT2D eigenvalue weighted by molar-refractivity contribution is 5.92. The summed E-state index contributed by atoms with van der Waals surface area (Å²) in [6, 6.07) is 3.49. The van der Waals surface area contributed by atoms with E-state index in [1.54, 1.807) is 36.3 Å². The molecule has 0 spiro atoms. The number of carboxylic acid groups (broad SMARTS) is 1. The van der Waals surface area contributed by atoms with Gasteiger partial charge in [0.15, 0.2) is 5.69 Å². The Kier molecular flexibility index (Phi) is 4.78. The summed E-state index contributed by atoms with van der Waals surface area (Å²) in [5.41, 5.74) is 1.22. The summed E-state index contributed by atoms with van der Waals surface area (Å²) in [6.07, 6.45) is 4.95. The van der Waals surface area contributed by atoms with Crippen molar-refractivity contribution in [2.75, 3.05) is 13.7 Å². The monoisotopic (exact) mass is 276 g/mol. The highest BCUT2D eigenvalue weighted by atomic mass is 16.5. The maximum absolute atomic E-state index is 11.2. The van der Waals surface area contributed by atoms with Gasteiger partial charge < -0.3 is 9.84 Å². The van der Waals surface area contributed by atoms with Crippen LogP contribution in [-0.2, 0) is 11.3 Å². The summed E-state index contributed by atoms with van der Waals surface area (Å²) >= 11 is 0. The fourth-order valence-electron chi connectivity index (χ4n) is 1.92. The van der Waals surface area contributed by atoms with Crippen LogP contribution in [0.25, 0.3) is 11.3 Å². The molecular formula is C13H16N4O3. The van der Waals surface area contributed by atoms with Gasteiger partial charge in [-0.15, -0.1) is 5.10 Å². The van der Waals surface area contributed by atoms with Gasteiger partial charge in [0, 0.05) is 38.2 Å². The molecule has 2 rings (SSSR count). The van der Waals surface area contributed by atoms with Gasteiger partial charge in [0.05, 0.1) is 0 Å². The number of methoxy groups -OCH3 is 1. The van der Waals surface area contributed by atoms with E-state index < -0.39 is 5.97 Å². The van der Waals surface area contributed by atoms with Crippen LogP contribution in [0.3, 0.4) is 0 Å². The van der Waals surface area contributed by atoms with Crippen molar-refractivity contribution >= 4 is 5.97 Å². The summed E-state index contributed by atoms with van der Waals surface area (Å²) < 4.78 is 6.61. The number of aromatic nitrogens is 4. The molecule has 0 aliphatic rings. The van der Waals surface area contributed by atoms with Crippen LogP contribution in [0.4, 0.5) is 0 Å². The molecule has 7 heteroatoms. The van der Waals surface area contributed by atoms with Gasteiger partial charge >= 0.3 is 5.97 Å². The van der Waals surface area contributed by atoms with Crippen molar-refractivity contribution in [2.45, 2.75) is 19.4 Å². The molecule has 0 radical (unpaired) electrons. The van der Waals surface area contributed by atoms with Crippen molar-refractivity contribution in [3.05, 3.63) is 30.2 Å². The first-order chi connectivity index (χ1) is 9.74. The van der Waals surface area contributed by atoms with Gasteiger partial charge in [-0.2, -0.15) is 0 Å². The van der Waals surface area contributed by atoms with Gasteiger partial charge in [0.1, 0.15) is 5.69 Å². The largest absolute Gasteiger partial charge is 0.476 e. The van der Waals surface area contributed by atoms with Gasteiger partial charge in [-0.05, 0) is 25.0 Å². The number of nitrogens with zero attached hydrogens (tertiary/aromatic N) is 4. The van der Waals surface area contributed by atoms with Crippen LogP contribution in [0, 0.1) is 0 Å². The molecule has 1 N–H and O–H groups in total. The van der Waals surface area contributed by atoms with Crippen molar-refractivity contribution in [3.63, 3.8) is 0 Å². The Labute approximate surface area is 116 Å². The number of ether oxygens (including phenoxy) is 1. The number of hydrogen-bond donors (Lipinski definition) is 1. The first-order valence-corrected chi connectivity index (χ1v) is 6.30. The summed E-state index contributed by atoms with van der Waals surface area (Å²) in [5.74, 6) is -1.08. The summed E-state index contributed by atoms with van der Waals surface area (Å²) in [6.45, 7) is 1.27. The number of pyridine rings is 1. The van der Waals surface area contributed by atoms with Crippen LogP contribution >= 0.6 is 0 Å². The third kappa shape index (κ3) is 3.18. The molecule has 0 amide bonds. The molecule has 106 valence electrons. The zero-order valence-corrected chi connectivity index (χ0v) is 11.2. The Hall–Kier alpha value is -2.28. The normalized spacial score (nSPS) is 10.7. The Morgan fingerprint density at radius 1 is 1.35 bits per heavy atom. The fourth-order valence-corrected chi connectivity index (χ4v) is 1.92. The first-order valence-electron chi connectivity index (χ1n) is 6.30. The minimum atomic E-state index is -1.08. The van der Waals surface area contributed by atoms with Crippen LogP contribution in [-0.4, -0.2) is 44.8 Å². The van der Waals surface area contributed by atoms with E-state index in [1.165, 1.54) is 0 Å².